The Balaban J connectivity index is -0.000000123. The third kappa shape index (κ3) is 100. The Kier molecular flexibility index (Phi) is 98.6. The van der Waals surface area contributed by atoms with E-state index >= 15 is 0 Å². The summed E-state index contributed by atoms with van der Waals surface area (Å²) in [6, 6.07) is 0. The van der Waals surface area contributed by atoms with E-state index in [0.29, 0.717) is 32.1 Å². The number of nitrogens with one attached hydrogen (secondary N) is 12. The first-order valence-electron chi connectivity index (χ1n) is 45.4. The molecule has 12 N–H and O–H groups in total. The third-order valence-corrected chi connectivity index (χ3v) is 18.8. The minimum Gasteiger partial charge on any atom is -0.462 e. The molecule has 0 fully saturated rings. The molecule has 0 aliphatic heterocycles. The van der Waals surface area contributed by atoms with Crippen molar-refractivity contribution in [2.75, 3.05) is 111 Å². The molecule has 0 aromatic rings. The number of carbonyl (C=O) groups excluding carboxylic acids is 20. The van der Waals surface area contributed by atoms with Crippen molar-refractivity contribution < 1.29 is 153 Å². The number of hydrogen-bond acceptors (Lipinski definition) is 32. The van der Waals surface area contributed by atoms with Crippen molar-refractivity contribution in [1.29, 1.82) is 0 Å². The van der Waals surface area contributed by atoms with Crippen LogP contribution in [0.4, 0.5) is 19.2 Å². The van der Waals surface area contributed by atoms with Gasteiger partial charge in [0.2, 0.25) is 23.6 Å². The van der Waals surface area contributed by atoms with Gasteiger partial charge in [-0.3, -0.25) is 67.1 Å². The second kappa shape index (κ2) is 89.2. The molecule has 0 aromatic heterocycles. The van der Waals surface area contributed by atoms with Crippen LogP contribution >= 0.6 is 0 Å². The normalized spacial score (nSPS) is 11.4. The van der Waals surface area contributed by atoms with Crippen LogP contribution in [0.1, 0.15) is 298 Å². The molecule has 0 radical (unpaired) electrons. The fraction of sp³-hybridized carbons (Fsp3) is 0.783. The van der Waals surface area contributed by atoms with E-state index in [-0.39, 0.29) is 146 Å². The first-order valence-corrected chi connectivity index (χ1v) is 45.4. The smallest absolute Gasteiger partial charge is 0.414 e. The Labute approximate surface area is 810 Å². The van der Waals surface area contributed by atoms with Crippen molar-refractivity contribution >= 4 is 119 Å². The number of rotatable bonds is 36. The minimum absolute atomic E-state index is 0.0185. The van der Waals surface area contributed by atoms with Crippen LogP contribution in [0.2, 0.25) is 0 Å². The van der Waals surface area contributed by atoms with Crippen LogP contribution in [0.25, 0.3) is 0 Å². The van der Waals surface area contributed by atoms with E-state index in [1.165, 1.54) is 56.4 Å². The molecule has 0 rings (SSSR count). The standard InChI is InChI=1S/2C9H17NO3.4C8H15NO3.C8H17NO2.2C7H13NO3.2C7H15NO2.C6H13NO2/c1-5-9(2,3)8(12)13-6-7(11)10-4;1-5-9(2,3)13-8(12)6-7(11)10-4;1-5-8(2,3)6(10)12-7(11)9-4;1-5-8(2,3)12-7(11)6(10)9-4;1-4-6(2)8(11)12-5-7(10)9-3;1-4-6(2)12-8(11)5-7(10)9-3;1-5-8(2,3)11-6-7(10)9-4;1-4-5(2)11-7(10)6(9)8-3;1-4-5(2)6(9)11-7(10)8-3;1-5-7(2,3)10-6(9)8-4;1-4-6(2)10-5-7(9)8-3;1-4-5(2)9-6(8)7-3/h2*5-6H2,1-4H3,(H,10,11);5H2,1-4H3,(H,9,11);5H2,1-4H3,(H,9,10);2*6H,4-5H2,1-3H3,(H,9,10);5-6H2,1-4H3,(H,9,10);5H,4H2,1-3H3,(H,8,9);5H,4H2,1-3H3,(H,8,10);5H2,1-4H3,(H,8,9);6H,4-5H2,1-3H3,(H,8,9);5H,4H2,1-3H3,(H,7,8). The number of amides is 12. The van der Waals surface area contributed by atoms with Crippen LogP contribution in [-0.2, 0) is 134 Å². The molecular formula is C92H180N12O32. The summed E-state index contributed by atoms with van der Waals surface area (Å²) in [5.74, 6) is -7.35. The maximum Gasteiger partial charge on any atom is 0.414 e. The van der Waals surface area contributed by atoms with Gasteiger partial charge in [0.25, 0.3) is 11.8 Å². The molecule has 0 aromatic carbocycles. The van der Waals surface area contributed by atoms with E-state index in [1.807, 2.05) is 138 Å². The highest BCUT2D eigenvalue weighted by Crippen LogP contribution is 2.23. The van der Waals surface area contributed by atoms with Crippen LogP contribution in [0.15, 0.2) is 0 Å². The second-order valence-corrected chi connectivity index (χ2v) is 32.7. The van der Waals surface area contributed by atoms with Gasteiger partial charge in [-0.05, 0) is 188 Å². The van der Waals surface area contributed by atoms with E-state index in [9.17, 15) is 95.9 Å². The van der Waals surface area contributed by atoms with Crippen molar-refractivity contribution in [3.63, 3.8) is 0 Å². The fourth-order valence-corrected chi connectivity index (χ4v) is 5.53. The van der Waals surface area contributed by atoms with Crippen molar-refractivity contribution in [2.45, 2.75) is 344 Å². The Bertz CT molecular complexity index is 3410. The predicted molar refractivity (Wildman–Crippen MR) is 516 cm³/mol. The molecule has 0 saturated heterocycles. The van der Waals surface area contributed by atoms with E-state index in [4.69, 9.17) is 47.4 Å². The van der Waals surface area contributed by atoms with Gasteiger partial charge in [-0.15, -0.1) is 0 Å². The van der Waals surface area contributed by atoms with E-state index < -0.39 is 81.8 Å². The van der Waals surface area contributed by atoms with Crippen molar-refractivity contribution in [2.24, 2.45) is 22.7 Å². The molecule has 800 valence electrons. The predicted octanol–water partition coefficient (Wildman–Crippen LogP) is 9.27. The fourth-order valence-electron chi connectivity index (χ4n) is 5.53. The molecule has 12 amide bonds. The second-order valence-electron chi connectivity index (χ2n) is 32.7. The zero-order valence-electron chi connectivity index (χ0n) is 90.3. The first kappa shape index (κ1) is 150. The van der Waals surface area contributed by atoms with Gasteiger partial charge in [-0.25, -0.2) is 28.8 Å². The monoisotopic (exact) mass is 1970 g/mol. The number of carbonyl (C=O) groups is 20. The Hall–Kier alpha value is -11.1. The van der Waals surface area contributed by atoms with E-state index in [1.54, 1.807) is 97.4 Å². The average Bonchev–Trinajstić information content (AvgIpc) is 0.789. The molecule has 44 nitrogen and oxygen atoms in total. The molecule has 0 aliphatic rings. The summed E-state index contributed by atoms with van der Waals surface area (Å²) < 4.78 is 58.1. The number of alkyl carbamates (subject to hydrolysis) is 4. The van der Waals surface area contributed by atoms with Crippen LogP contribution in [0.3, 0.4) is 0 Å². The van der Waals surface area contributed by atoms with Gasteiger partial charge in [-0.2, -0.15) is 0 Å². The lowest BCUT2D eigenvalue weighted by Crippen LogP contribution is -2.36. The van der Waals surface area contributed by atoms with Gasteiger partial charge in [-0.1, -0.05) is 96.9 Å². The summed E-state index contributed by atoms with van der Waals surface area (Å²) in [4.78, 5) is 216. The van der Waals surface area contributed by atoms with Gasteiger partial charge in [0.15, 0.2) is 13.2 Å². The summed E-state index contributed by atoms with van der Waals surface area (Å²) in [6.45, 7) is 55.8. The average molecular weight is 1970 g/mol. The summed E-state index contributed by atoms with van der Waals surface area (Å²) in [5, 5.41) is 28.0. The summed E-state index contributed by atoms with van der Waals surface area (Å²) in [6.07, 6.45) is 6.50. The van der Waals surface area contributed by atoms with Crippen LogP contribution in [-0.4, -0.2) is 277 Å². The van der Waals surface area contributed by atoms with Crippen LogP contribution in [0, 0.1) is 22.7 Å². The zero-order valence-corrected chi connectivity index (χ0v) is 90.3. The zero-order chi connectivity index (χ0) is 110. The quantitative estimate of drug-likeness (QED) is 0.0120. The largest absolute Gasteiger partial charge is 0.462 e. The van der Waals surface area contributed by atoms with Crippen LogP contribution in [0.5, 0.6) is 0 Å². The molecule has 6 atom stereocenters. The van der Waals surface area contributed by atoms with Crippen LogP contribution < -0.4 is 63.8 Å². The Morgan fingerprint density at radius 1 is 0.257 bits per heavy atom. The molecule has 6 unspecified atom stereocenters. The van der Waals surface area contributed by atoms with Crippen molar-refractivity contribution in [3.05, 3.63) is 0 Å². The summed E-state index contributed by atoms with van der Waals surface area (Å²) in [7, 11) is 17.9. The summed E-state index contributed by atoms with van der Waals surface area (Å²) in [5.41, 5.74) is -2.68. The van der Waals surface area contributed by atoms with E-state index in [2.05, 4.69) is 73.3 Å². The highest BCUT2D eigenvalue weighted by molar-refractivity contribution is 6.32. The topological polar surface area (TPSA) is 597 Å². The van der Waals surface area contributed by atoms with Crippen molar-refractivity contribution in [1.82, 2.24) is 63.8 Å². The lowest BCUT2D eigenvalue weighted by Gasteiger charge is -2.22. The molecule has 0 bridgehead atoms. The number of likely N-dealkylation sites (N-methyl/N-ethyl adjacent to an activating group) is 6. The lowest BCUT2D eigenvalue weighted by molar-refractivity contribution is -0.164. The SMILES string of the molecule is CCC(C)(C)C(=O)OC(=O)NC.CCC(C)(C)C(=O)OCC(=O)NC.CCC(C)(C)OC(=O)C(=O)NC.CCC(C)(C)OC(=O)CC(=O)NC.CCC(C)(C)OC(=O)NC.CCC(C)(C)OCC(=O)NC.CCC(C)C(=O)OC(=O)NC.CCC(C)C(=O)OCC(=O)NC.CCC(C)OC(=O)C(=O)NC.CCC(C)OC(=O)CC(=O)NC.CCC(C)OC(=O)NC.CCC(C)OCC(=O)NC. The Morgan fingerprint density at radius 3 is 0.926 bits per heavy atom. The van der Waals surface area contributed by atoms with Gasteiger partial charge >= 0.3 is 83.9 Å². The third-order valence-electron chi connectivity index (χ3n) is 18.8. The maximum atomic E-state index is 11.3. The number of esters is 8. The maximum absolute atomic E-state index is 11.3. The molecule has 0 aliphatic carbocycles. The molecular weight excluding hydrogens is 1790 g/mol. The molecule has 0 spiro atoms. The minimum atomic E-state index is -0.829. The van der Waals surface area contributed by atoms with Gasteiger partial charge in [0.1, 0.15) is 49.0 Å². The molecule has 0 saturated carbocycles. The molecule has 0 heterocycles. The lowest BCUT2D eigenvalue weighted by atomic mass is 9.91. The van der Waals surface area contributed by atoms with Gasteiger partial charge < -0.3 is 121 Å². The van der Waals surface area contributed by atoms with E-state index in [0.717, 1.165) is 44.9 Å². The highest BCUT2D eigenvalue weighted by atomic mass is 16.6. The van der Waals surface area contributed by atoms with Crippen molar-refractivity contribution in [3.8, 4) is 0 Å². The first-order chi connectivity index (χ1) is 62.6. The molecule has 44 heteroatoms. The van der Waals surface area contributed by atoms with Gasteiger partial charge in [0.05, 0.1) is 46.6 Å². The Morgan fingerprint density at radius 2 is 0.574 bits per heavy atom. The highest BCUT2D eigenvalue weighted by Gasteiger charge is 2.31. The van der Waals surface area contributed by atoms with Gasteiger partial charge in [0, 0.05) is 84.6 Å². The summed E-state index contributed by atoms with van der Waals surface area (Å²) >= 11 is 0. The number of ether oxygens (including phenoxy) is 12. The molecule has 136 heavy (non-hydrogen) atoms. The number of hydrogen-bond donors (Lipinski definition) is 12.